The van der Waals surface area contributed by atoms with Gasteiger partial charge in [-0.3, -0.25) is 9.69 Å². The Labute approximate surface area is 173 Å². The van der Waals surface area contributed by atoms with Gasteiger partial charge in [0, 0.05) is 38.9 Å². The van der Waals surface area contributed by atoms with E-state index >= 15 is 0 Å². The standard InChI is InChI=1S/C24H30N2O3/c1-28-16-15-26-14-12-24(23(26)27)11-13-25(19-24)17-21-9-5-6-10-22(21)29-18-20-7-3-2-4-8-20/h2-10H,11-19H2,1H3. The van der Waals surface area contributed by atoms with Crippen LogP contribution in [0.4, 0.5) is 0 Å². The summed E-state index contributed by atoms with van der Waals surface area (Å²) in [6, 6.07) is 18.5. The van der Waals surface area contributed by atoms with Crippen LogP contribution in [-0.4, -0.2) is 55.6 Å². The first-order valence-corrected chi connectivity index (χ1v) is 10.5. The van der Waals surface area contributed by atoms with Gasteiger partial charge < -0.3 is 14.4 Å². The van der Waals surface area contributed by atoms with Crippen LogP contribution in [0.2, 0.25) is 0 Å². The van der Waals surface area contributed by atoms with Crippen molar-refractivity contribution in [3.05, 3.63) is 65.7 Å². The minimum atomic E-state index is -0.201. The highest BCUT2D eigenvalue weighted by Gasteiger charge is 2.50. The number of benzene rings is 2. The zero-order valence-electron chi connectivity index (χ0n) is 17.2. The van der Waals surface area contributed by atoms with Crippen LogP contribution >= 0.6 is 0 Å². The first kappa shape index (κ1) is 19.9. The van der Waals surface area contributed by atoms with E-state index in [1.165, 1.54) is 5.56 Å². The number of hydrogen-bond acceptors (Lipinski definition) is 4. The van der Waals surface area contributed by atoms with Crippen LogP contribution in [0.5, 0.6) is 5.75 Å². The molecule has 29 heavy (non-hydrogen) atoms. The molecule has 2 aliphatic heterocycles. The zero-order valence-corrected chi connectivity index (χ0v) is 17.2. The number of nitrogens with zero attached hydrogens (tertiary/aromatic N) is 2. The van der Waals surface area contributed by atoms with Gasteiger partial charge in [0.2, 0.25) is 5.91 Å². The van der Waals surface area contributed by atoms with E-state index in [-0.39, 0.29) is 5.41 Å². The van der Waals surface area contributed by atoms with Crippen LogP contribution in [0.1, 0.15) is 24.0 Å². The lowest BCUT2D eigenvalue weighted by Crippen LogP contribution is -2.38. The van der Waals surface area contributed by atoms with Gasteiger partial charge in [0.1, 0.15) is 12.4 Å². The Balaban J connectivity index is 1.38. The SMILES string of the molecule is COCCN1CCC2(CCN(Cc3ccccc3OCc3ccccc3)C2)C1=O. The molecule has 0 radical (unpaired) electrons. The number of hydrogen-bond donors (Lipinski definition) is 0. The average Bonchev–Trinajstić information content (AvgIpc) is 3.30. The van der Waals surface area contributed by atoms with Crippen molar-refractivity contribution in [1.82, 2.24) is 9.80 Å². The number of ether oxygens (including phenoxy) is 2. The van der Waals surface area contributed by atoms with Gasteiger partial charge in [-0.1, -0.05) is 48.5 Å². The monoisotopic (exact) mass is 394 g/mol. The second-order valence-corrected chi connectivity index (χ2v) is 8.16. The largest absolute Gasteiger partial charge is 0.489 e. The molecule has 5 nitrogen and oxygen atoms in total. The minimum Gasteiger partial charge on any atom is -0.489 e. The molecule has 0 aliphatic carbocycles. The molecule has 4 rings (SSSR count). The maximum Gasteiger partial charge on any atom is 0.230 e. The Morgan fingerprint density at radius 3 is 2.59 bits per heavy atom. The van der Waals surface area contributed by atoms with Crippen molar-refractivity contribution in [3.63, 3.8) is 0 Å². The number of amides is 1. The van der Waals surface area contributed by atoms with E-state index in [9.17, 15) is 4.79 Å². The summed E-state index contributed by atoms with van der Waals surface area (Å²) < 4.78 is 11.3. The molecule has 2 fully saturated rings. The highest BCUT2D eigenvalue weighted by molar-refractivity contribution is 5.85. The Morgan fingerprint density at radius 2 is 1.76 bits per heavy atom. The average molecular weight is 395 g/mol. The van der Waals surface area contributed by atoms with Gasteiger partial charge in [0.05, 0.1) is 12.0 Å². The number of para-hydroxylation sites is 1. The summed E-state index contributed by atoms with van der Waals surface area (Å²) in [5.74, 6) is 1.24. The van der Waals surface area contributed by atoms with Crippen molar-refractivity contribution in [2.75, 3.05) is 39.9 Å². The molecular weight excluding hydrogens is 364 g/mol. The van der Waals surface area contributed by atoms with Crippen molar-refractivity contribution >= 4 is 5.91 Å². The molecule has 0 N–H and O–H groups in total. The summed E-state index contributed by atoms with van der Waals surface area (Å²) in [6.45, 7) is 5.34. The first-order valence-electron chi connectivity index (χ1n) is 10.5. The first-order chi connectivity index (χ1) is 14.2. The molecule has 1 spiro atoms. The molecular formula is C24H30N2O3. The minimum absolute atomic E-state index is 0.201. The number of rotatable bonds is 8. The summed E-state index contributed by atoms with van der Waals surface area (Å²) in [4.78, 5) is 17.4. The summed E-state index contributed by atoms with van der Waals surface area (Å²) in [5.41, 5.74) is 2.14. The lowest BCUT2D eigenvalue weighted by molar-refractivity contribution is -0.136. The highest BCUT2D eigenvalue weighted by Crippen LogP contribution is 2.41. The summed E-state index contributed by atoms with van der Waals surface area (Å²) in [5, 5.41) is 0. The van der Waals surface area contributed by atoms with Crippen LogP contribution in [0, 0.1) is 5.41 Å². The summed E-state index contributed by atoms with van der Waals surface area (Å²) in [6.07, 6.45) is 1.90. The van der Waals surface area contributed by atoms with Crippen LogP contribution in [0.3, 0.4) is 0 Å². The number of carbonyl (C=O) groups is 1. The Kier molecular flexibility index (Phi) is 6.16. The fourth-order valence-electron chi connectivity index (χ4n) is 4.53. The molecule has 2 aliphatic rings. The van der Waals surface area contributed by atoms with Crippen LogP contribution in [-0.2, 0) is 22.7 Å². The van der Waals surface area contributed by atoms with Crippen LogP contribution in [0.15, 0.2) is 54.6 Å². The van der Waals surface area contributed by atoms with Gasteiger partial charge in [-0.05, 0) is 31.0 Å². The van der Waals surface area contributed by atoms with Crippen molar-refractivity contribution in [3.8, 4) is 5.75 Å². The second kappa shape index (κ2) is 8.97. The molecule has 154 valence electrons. The molecule has 5 heteroatoms. The van der Waals surface area contributed by atoms with Gasteiger partial charge in [0.15, 0.2) is 0 Å². The number of carbonyl (C=O) groups excluding carboxylic acids is 1. The van der Waals surface area contributed by atoms with E-state index in [0.717, 1.165) is 50.3 Å². The van der Waals surface area contributed by atoms with Gasteiger partial charge in [-0.15, -0.1) is 0 Å². The van der Waals surface area contributed by atoms with E-state index in [1.807, 2.05) is 35.2 Å². The predicted molar refractivity (Wildman–Crippen MR) is 113 cm³/mol. The van der Waals surface area contributed by atoms with Gasteiger partial charge in [-0.25, -0.2) is 0 Å². The molecule has 1 unspecified atom stereocenters. The molecule has 0 saturated carbocycles. The number of likely N-dealkylation sites (tertiary alicyclic amines) is 2. The maximum absolute atomic E-state index is 13.0. The highest BCUT2D eigenvalue weighted by atomic mass is 16.5. The second-order valence-electron chi connectivity index (χ2n) is 8.16. The van der Waals surface area contributed by atoms with Crippen molar-refractivity contribution in [2.24, 2.45) is 5.41 Å². The molecule has 2 heterocycles. The Hall–Kier alpha value is -2.37. The fraction of sp³-hybridized carbons (Fsp3) is 0.458. The van der Waals surface area contributed by atoms with Gasteiger partial charge >= 0.3 is 0 Å². The maximum atomic E-state index is 13.0. The van der Waals surface area contributed by atoms with Gasteiger partial charge in [0.25, 0.3) is 0 Å². The Bertz CT molecular complexity index is 826. The normalized spacial score (nSPS) is 22.0. The van der Waals surface area contributed by atoms with Crippen molar-refractivity contribution < 1.29 is 14.3 Å². The van der Waals surface area contributed by atoms with E-state index in [0.29, 0.717) is 25.7 Å². The molecule has 2 aromatic carbocycles. The summed E-state index contributed by atoms with van der Waals surface area (Å²) in [7, 11) is 1.69. The van der Waals surface area contributed by atoms with Crippen molar-refractivity contribution in [2.45, 2.75) is 26.0 Å². The third-order valence-electron chi connectivity index (χ3n) is 6.20. The van der Waals surface area contributed by atoms with E-state index in [4.69, 9.17) is 9.47 Å². The fourth-order valence-corrected chi connectivity index (χ4v) is 4.53. The topological polar surface area (TPSA) is 42.0 Å². The zero-order chi connectivity index (χ0) is 20.1. The molecule has 1 atom stereocenters. The molecule has 0 aromatic heterocycles. The van der Waals surface area contributed by atoms with E-state index in [1.54, 1.807) is 7.11 Å². The van der Waals surface area contributed by atoms with Crippen LogP contribution in [0.25, 0.3) is 0 Å². The third-order valence-corrected chi connectivity index (χ3v) is 6.20. The van der Waals surface area contributed by atoms with E-state index < -0.39 is 0 Å². The predicted octanol–water partition coefficient (Wildman–Crippen LogP) is 3.34. The van der Waals surface area contributed by atoms with E-state index in [2.05, 4.69) is 29.2 Å². The molecule has 2 saturated heterocycles. The lowest BCUT2D eigenvalue weighted by Gasteiger charge is -2.24. The lowest BCUT2D eigenvalue weighted by atomic mass is 9.85. The molecule has 1 amide bonds. The van der Waals surface area contributed by atoms with Crippen molar-refractivity contribution in [1.29, 1.82) is 0 Å². The van der Waals surface area contributed by atoms with Gasteiger partial charge in [-0.2, -0.15) is 0 Å². The number of methoxy groups -OCH3 is 1. The quantitative estimate of drug-likeness (QED) is 0.689. The smallest absolute Gasteiger partial charge is 0.230 e. The Morgan fingerprint density at radius 1 is 1.00 bits per heavy atom. The third kappa shape index (κ3) is 4.46. The molecule has 0 bridgehead atoms. The van der Waals surface area contributed by atoms with Crippen LogP contribution < -0.4 is 4.74 Å². The summed E-state index contributed by atoms with van der Waals surface area (Å²) >= 11 is 0. The molecule has 2 aromatic rings.